The number of nitrogens with zero attached hydrogens (tertiary/aromatic N) is 2. The number of benzene rings is 1. The molecule has 2 aliphatic heterocycles. The molecule has 1 aromatic carbocycles. The highest BCUT2D eigenvalue weighted by Crippen LogP contribution is 2.39. The molecule has 0 aliphatic carbocycles. The summed E-state index contributed by atoms with van der Waals surface area (Å²) in [4.78, 5) is 19.1. The molecule has 4 nitrogen and oxygen atoms in total. The molecule has 21 heavy (non-hydrogen) atoms. The topological polar surface area (TPSA) is 41.9 Å². The number of carbonyl (C=O) groups excluding carboxylic acids is 1. The van der Waals surface area contributed by atoms with E-state index in [0.717, 1.165) is 35.1 Å². The van der Waals surface area contributed by atoms with Gasteiger partial charge in [0.05, 0.1) is 24.4 Å². The lowest BCUT2D eigenvalue weighted by atomic mass is 9.94. The molecule has 1 fully saturated rings. The van der Waals surface area contributed by atoms with E-state index in [2.05, 4.69) is 22.0 Å². The van der Waals surface area contributed by atoms with Gasteiger partial charge in [-0.2, -0.15) is 0 Å². The number of methoxy groups -OCH3 is 1. The molecule has 0 bridgehead atoms. The van der Waals surface area contributed by atoms with Gasteiger partial charge in [0.25, 0.3) is 0 Å². The summed E-state index contributed by atoms with van der Waals surface area (Å²) in [7, 11) is 1.43. The Morgan fingerprint density at radius 2 is 2.14 bits per heavy atom. The van der Waals surface area contributed by atoms with Gasteiger partial charge in [0.15, 0.2) is 5.17 Å². The Balaban J connectivity index is 2.11. The fraction of sp³-hybridized carbons (Fsp3) is 0.375. The number of fused-ring (bicyclic) bond motifs is 1. The molecule has 5 heteroatoms. The predicted octanol–water partition coefficient (Wildman–Crippen LogP) is 2.98. The highest BCUT2D eigenvalue weighted by Gasteiger charge is 2.37. The standard InChI is InChI=1S/C16H18N2O2S/c1-11-13(15(19)20-2)14(12-7-4-3-5-8-12)18-9-6-10-21-16(18)17-11/h3-5,7-8,14H,6,9-10H2,1-2H3. The van der Waals surface area contributed by atoms with Gasteiger partial charge in [0.1, 0.15) is 0 Å². The van der Waals surface area contributed by atoms with E-state index in [4.69, 9.17) is 4.74 Å². The molecular weight excluding hydrogens is 284 g/mol. The Hall–Kier alpha value is -1.75. The van der Waals surface area contributed by atoms with Gasteiger partial charge >= 0.3 is 5.97 Å². The molecule has 1 aromatic rings. The van der Waals surface area contributed by atoms with Crippen molar-refractivity contribution in [2.24, 2.45) is 4.99 Å². The van der Waals surface area contributed by atoms with Gasteiger partial charge in [-0.1, -0.05) is 42.1 Å². The average molecular weight is 302 g/mol. The van der Waals surface area contributed by atoms with Gasteiger partial charge in [0, 0.05) is 12.3 Å². The Labute approximate surface area is 128 Å². The van der Waals surface area contributed by atoms with Crippen molar-refractivity contribution in [2.75, 3.05) is 19.4 Å². The molecule has 3 rings (SSSR count). The summed E-state index contributed by atoms with van der Waals surface area (Å²) < 4.78 is 4.99. The third kappa shape index (κ3) is 2.58. The zero-order chi connectivity index (χ0) is 14.8. The van der Waals surface area contributed by atoms with Crippen LogP contribution < -0.4 is 0 Å². The molecule has 1 unspecified atom stereocenters. The minimum absolute atomic E-state index is 0.0982. The number of carbonyl (C=O) groups is 1. The number of amidine groups is 1. The van der Waals surface area contributed by atoms with E-state index in [1.807, 2.05) is 25.1 Å². The van der Waals surface area contributed by atoms with E-state index in [9.17, 15) is 4.79 Å². The number of hydrogen-bond acceptors (Lipinski definition) is 5. The summed E-state index contributed by atoms with van der Waals surface area (Å²) in [5.74, 6) is 0.789. The SMILES string of the molecule is COC(=O)C1=C(C)N=C2SCCCN2C1c1ccccc1. The maximum Gasteiger partial charge on any atom is 0.338 e. The Morgan fingerprint density at radius 1 is 1.38 bits per heavy atom. The molecule has 0 N–H and O–H groups in total. The largest absolute Gasteiger partial charge is 0.466 e. The lowest BCUT2D eigenvalue weighted by Gasteiger charge is -2.40. The van der Waals surface area contributed by atoms with Crippen LogP contribution in [0, 0.1) is 0 Å². The van der Waals surface area contributed by atoms with Crippen molar-refractivity contribution in [3.8, 4) is 0 Å². The second kappa shape index (κ2) is 5.93. The molecule has 1 saturated heterocycles. The van der Waals surface area contributed by atoms with Gasteiger partial charge in [-0.15, -0.1) is 0 Å². The van der Waals surface area contributed by atoms with Gasteiger partial charge in [-0.3, -0.25) is 0 Å². The Bertz CT molecular complexity index is 610. The van der Waals surface area contributed by atoms with Crippen molar-refractivity contribution in [1.29, 1.82) is 0 Å². The molecule has 110 valence electrons. The van der Waals surface area contributed by atoms with Crippen LogP contribution in [0.25, 0.3) is 0 Å². The first kappa shape index (κ1) is 14.2. The fourth-order valence-corrected chi connectivity index (χ4v) is 3.84. The smallest absolute Gasteiger partial charge is 0.338 e. The van der Waals surface area contributed by atoms with Crippen molar-refractivity contribution in [1.82, 2.24) is 4.90 Å². The number of allylic oxidation sites excluding steroid dienone is 1. The summed E-state index contributed by atoms with van der Waals surface area (Å²) in [5, 5.41) is 1.01. The summed E-state index contributed by atoms with van der Waals surface area (Å²) in [5.41, 5.74) is 2.51. The first-order valence-corrected chi connectivity index (χ1v) is 8.03. The van der Waals surface area contributed by atoms with Crippen LogP contribution in [0.2, 0.25) is 0 Å². The lowest BCUT2D eigenvalue weighted by Crippen LogP contribution is -2.42. The predicted molar refractivity (Wildman–Crippen MR) is 85.1 cm³/mol. The zero-order valence-corrected chi connectivity index (χ0v) is 13.0. The molecule has 0 saturated carbocycles. The first-order chi connectivity index (χ1) is 10.2. The normalized spacial score (nSPS) is 21.7. The van der Waals surface area contributed by atoms with E-state index >= 15 is 0 Å². The lowest BCUT2D eigenvalue weighted by molar-refractivity contribution is -0.136. The third-order valence-corrected chi connectivity index (χ3v) is 4.86. The van der Waals surface area contributed by atoms with Crippen molar-refractivity contribution in [2.45, 2.75) is 19.4 Å². The minimum Gasteiger partial charge on any atom is -0.466 e. The van der Waals surface area contributed by atoms with E-state index in [1.165, 1.54) is 7.11 Å². The van der Waals surface area contributed by atoms with Crippen LogP contribution >= 0.6 is 11.8 Å². The van der Waals surface area contributed by atoms with Gasteiger partial charge in [-0.05, 0) is 18.9 Å². The van der Waals surface area contributed by atoms with Crippen LogP contribution in [-0.2, 0) is 9.53 Å². The summed E-state index contributed by atoms with van der Waals surface area (Å²) in [6.45, 7) is 2.81. The number of hydrogen-bond donors (Lipinski definition) is 0. The van der Waals surface area contributed by atoms with Crippen LogP contribution in [-0.4, -0.2) is 35.4 Å². The number of ether oxygens (including phenoxy) is 1. The Kier molecular flexibility index (Phi) is 4.01. The van der Waals surface area contributed by atoms with Gasteiger partial charge in [0.2, 0.25) is 0 Å². The third-order valence-electron chi connectivity index (χ3n) is 3.78. The Morgan fingerprint density at radius 3 is 2.86 bits per heavy atom. The second-order valence-corrected chi connectivity index (χ2v) is 6.16. The van der Waals surface area contributed by atoms with E-state index in [0.29, 0.717) is 5.57 Å². The summed E-state index contributed by atoms with van der Waals surface area (Å²) in [6, 6.07) is 10.0. The quantitative estimate of drug-likeness (QED) is 0.788. The highest BCUT2D eigenvalue weighted by atomic mass is 32.2. The molecule has 2 aliphatic rings. The molecule has 1 atom stereocenters. The maximum absolute atomic E-state index is 12.3. The maximum atomic E-state index is 12.3. The average Bonchev–Trinajstić information content (AvgIpc) is 2.53. The van der Waals surface area contributed by atoms with Crippen molar-refractivity contribution >= 4 is 22.9 Å². The van der Waals surface area contributed by atoms with Crippen LogP contribution in [0.3, 0.4) is 0 Å². The summed E-state index contributed by atoms with van der Waals surface area (Å²) >= 11 is 1.76. The fourth-order valence-electron chi connectivity index (χ4n) is 2.82. The minimum atomic E-state index is -0.292. The highest BCUT2D eigenvalue weighted by molar-refractivity contribution is 8.13. The molecular formula is C16H18N2O2S. The molecule has 0 spiro atoms. The van der Waals surface area contributed by atoms with Gasteiger partial charge < -0.3 is 9.64 Å². The van der Waals surface area contributed by atoms with Crippen LogP contribution in [0.4, 0.5) is 0 Å². The van der Waals surface area contributed by atoms with Crippen molar-refractivity contribution in [3.63, 3.8) is 0 Å². The first-order valence-electron chi connectivity index (χ1n) is 7.04. The molecule has 0 amide bonds. The summed E-state index contributed by atoms with van der Waals surface area (Å²) in [6.07, 6.45) is 1.10. The van der Waals surface area contributed by atoms with Crippen LogP contribution in [0.15, 0.2) is 46.6 Å². The zero-order valence-electron chi connectivity index (χ0n) is 12.2. The molecule has 0 aromatic heterocycles. The van der Waals surface area contributed by atoms with E-state index in [1.54, 1.807) is 11.8 Å². The molecule has 0 radical (unpaired) electrons. The molecule has 2 heterocycles. The van der Waals surface area contributed by atoms with E-state index < -0.39 is 0 Å². The monoisotopic (exact) mass is 302 g/mol. The van der Waals surface area contributed by atoms with Crippen LogP contribution in [0.5, 0.6) is 0 Å². The van der Waals surface area contributed by atoms with Crippen molar-refractivity contribution in [3.05, 3.63) is 47.2 Å². The number of esters is 1. The van der Waals surface area contributed by atoms with Gasteiger partial charge in [-0.25, -0.2) is 9.79 Å². The second-order valence-electron chi connectivity index (χ2n) is 5.09. The van der Waals surface area contributed by atoms with Crippen molar-refractivity contribution < 1.29 is 9.53 Å². The number of aliphatic imine (C=N–C) groups is 1. The number of rotatable bonds is 2. The van der Waals surface area contributed by atoms with Crippen LogP contribution in [0.1, 0.15) is 24.9 Å². The van der Waals surface area contributed by atoms with E-state index in [-0.39, 0.29) is 12.0 Å². The number of thioether (sulfide) groups is 1.